The minimum absolute atomic E-state index is 0.0777. The van der Waals surface area contributed by atoms with Crippen LogP contribution in [0, 0.1) is 12.8 Å². The molecule has 22 heavy (non-hydrogen) atoms. The number of morpholine rings is 1. The van der Waals surface area contributed by atoms with Crippen LogP contribution in [0.25, 0.3) is 0 Å². The lowest BCUT2D eigenvalue weighted by atomic mass is 10.2. The van der Waals surface area contributed by atoms with E-state index in [-0.39, 0.29) is 6.10 Å². The summed E-state index contributed by atoms with van der Waals surface area (Å²) in [6.07, 6.45) is 1.73. The van der Waals surface area contributed by atoms with Crippen LogP contribution in [-0.2, 0) is 17.8 Å². The third-order valence-corrected chi connectivity index (χ3v) is 4.72. The predicted molar refractivity (Wildman–Crippen MR) is 85.7 cm³/mol. The highest BCUT2D eigenvalue weighted by atomic mass is 32.1. The van der Waals surface area contributed by atoms with Gasteiger partial charge in [-0.3, -0.25) is 4.90 Å². The van der Waals surface area contributed by atoms with Crippen LogP contribution in [0.3, 0.4) is 0 Å². The van der Waals surface area contributed by atoms with Crippen molar-refractivity contribution in [3.05, 3.63) is 28.2 Å². The number of hydrogen-bond acceptors (Lipinski definition) is 6. The van der Waals surface area contributed by atoms with Crippen LogP contribution in [0.15, 0.2) is 11.7 Å². The molecule has 0 radical (unpaired) electrons. The third-order valence-electron chi connectivity index (χ3n) is 3.66. The molecule has 0 spiro atoms. The van der Waals surface area contributed by atoms with Crippen LogP contribution in [0.5, 0.6) is 0 Å². The molecular formula is C15H23N5OS. The predicted octanol–water partition coefficient (Wildman–Crippen LogP) is 2.27. The fraction of sp³-hybridized carbons (Fsp3) is 0.667. The molecule has 1 atom stereocenters. The van der Waals surface area contributed by atoms with E-state index in [1.807, 2.05) is 11.6 Å². The molecule has 2 aromatic rings. The summed E-state index contributed by atoms with van der Waals surface area (Å²) < 4.78 is 7.90. The summed E-state index contributed by atoms with van der Waals surface area (Å²) in [5, 5.41) is 7.49. The highest BCUT2D eigenvalue weighted by molar-refractivity contribution is 7.09. The Morgan fingerprint density at radius 1 is 1.45 bits per heavy atom. The number of rotatable bonds is 5. The highest BCUT2D eigenvalue weighted by Crippen LogP contribution is 2.25. The topological polar surface area (TPSA) is 56.1 Å². The van der Waals surface area contributed by atoms with E-state index >= 15 is 0 Å². The van der Waals surface area contributed by atoms with Gasteiger partial charge in [0.2, 0.25) is 0 Å². The van der Waals surface area contributed by atoms with Crippen molar-refractivity contribution in [1.29, 1.82) is 0 Å². The first-order chi connectivity index (χ1) is 10.6. The normalized spacial score (nSPS) is 19.9. The van der Waals surface area contributed by atoms with E-state index in [0.717, 1.165) is 49.3 Å². The monoisotopic (exact) mass is 321 g/mol. The summed E-state index contributed by atoms with van der Waals surface area (Å²) in [6, 6.07) is 0. The van der Waals surface area contributed by atoms with Gasteiger partial charge in [0.05, 0.1) is 13.2 Å². The Kier molecular flexibility index (Phi) is 4.85. The van der Waals surface area contributed by atoms with Gasteiger partial charge in [-0.1, -0.05) is 13.8 Å². The van der Waals surface area contributed by atoms with Crippen LogP contribution in [0.4, 0.5) is 0 Å². The van der Waals surface area contributed by atoms with Crippen molar-refractivity contribution >= 4 is 11.3 Å². The Morgan fingerprint density at radius 2 is 2.32 bits per heavy atom. The zero-order valence-corrected chi connectivity index (χ0v) is 14.2. The van der Waals surface area contributed by atoms with E-state index in [1.54, 1.807) is 17.7 Å². The molecule has 2 aromatic heterocycles. The lowest BCUT2D eigenvalue weighted by Gasteiger charge is -2.31. The summed E-state index contributed by atoms with van der Waals surface area (Å²) in [4.78, 5) is 11.4. The quantitative estimate of drug-likeness (QED) is 0.845. The Labute approximate surface area is 135 Å². The molecule has 0 amide bonds. The van der Waals surface area contributed by atoms with Crippen molar-refractivity contribution in [1.82, 2.24) is 24.6 Å². The molecule has 3 heterocycles. The van der Waals surface area contributed by atoms with Crippen molar-refractivity contribution in [3.8, 4) is 0 Å². The molecule has 7 heteroatoms. The van der Waals surface area contributed by atoms with Gasteiger partial charge in [0, 0.05) is 30.7 Å². The van der Waals surface area contributed by atoms with Gasteiger partial charge in [0.1, 0.15) is 23.3 Å². The lowest BCUT2D eigenvalue weighted by Crippen LogP contribution is -2.38. The van der Waals surface area contributed by atoms with Gasteiger partial charge in [-0.25, -0.2) is 14.6 Å². The molecule has 3 rings (SSSR count). The first-order valence-electron chi connectivity index (χ1n) is 7.74. The SMILES string of the molecule is Cc1csc([C@@H]2CN(Cc3ncnn3CC(C)C)CCO2)n1. The number of aryl methyl sites for hydroxylation is 1. The second-order valence-electron chi connectivity index (χ2n) is 6.17. The molecule has 0 saturated carbocycles. The molecule has 1 aliphatic rings. The van der Waals surface area contributed by atoms with Crippen molar-refractivity contribution in [2.75, 3.05) is 19.7 Å². The molecule has 1 saturated heterocycles. The first kappa shape index (κ1) is 15.6. The molecule has 120 valence electrons. The maximum atomic E-state index is 5.88. The number of thiazole rings is 1. The summed E-state index contributed by atoms with van der Waals surface area (Å²) >= 11 is 1.68. The Bertz CT molecular complexity index is 609. The van der Waals surface area contributed by atoms with Crippen molar-refractivity contribution in [2.45, 2.75) is 40.0 Å². The summed E-state index contributed by atoms with van der Waals surface area (Å²) in [5.41, 5.74) is 1.07. The van der Waals surface area contributed by atoms with E-state index in [2.05, 4.69) is 39.2 Å². The van der Waals surface area contributed by atoms with Crippen LogP contribution in [0.2, 0.25) is 0 Å². The minimum Gasteiger partial charge on any atom is -0.368 e. The zero-order valence-electron chi connectivity index (χ0n) is 13.4. The molecule has 0 N–H and O–H groups in total. The van der Waals surface area contributed by atoms with Crippen LogP contribution in [0.1, 0.15) is 36.5 Å². The summed E-state index contributed by atoms with van der Waals surface area (Å²) in [5.74, 6) is 1.60. The largest absolute Gasteiger partial charge is 0.368 e. The van der Waals surface area contributed by atoms with Gasteiger partial charge >= 0.3 is 0 Å². The molecule has 0 unspecified atom stereocenters. The maximum absolute atomic E-state index is 5.88. The Morgan fingerprint density at radius 3 is 3.05 bits per heavy atom. The van der Waals surface area contributed by atoms with E-state index < -0.39 is 0 Å². The molecule has 6 nitrogen and oxygen atoms in total. The van der Waals surface area contributed by atoms with Crippen molar-refractivity contribution in [3.63, 3.8) is 0 Å². The van der Waals surface area contributed by atoms with Gasteiger partial charge in [-0.05, 0) is 12.8 Å². The Hall–Kier alpha value is -1.31. The van der Waals surface area contributed by atoms with E-state index in [9.17, 15) is 0 Å². The highest BCUT2D eigenvalue weighted by Gasteiger charge is 2.25. The molecule has 1 aliphatic heterocycles. The zero-order chi connectivity index (χ0) is 15.5. The van der Waals surface area contributed by atoms with Crippen molar-refractivity contribution in [2.24, 2.45) is 5.92 Å². The average Bonchev–Trinajstić information content (AvgIpc) is 3.09. The third kappa shape index (κ3) is 3.71. The van der Waals surface area contributed by atoms with Crippen LogP contribution in [-0.4, -0.2) is 44.3 Å². The van der Waals surface area contributed by atoms with Gasteiger partial charge in [0.15, 0.2) is 0 Å². The smallest absolute Gasteiger partial charge is 0.141 e. The lowest BCUT2D eigenvalue weighted by molar-refractivity contribution is -0.0342. The number of hydrogen-bond donors (Lipinski definition) is 0. The van der Waals surface area contributed by atoms with Gasteiger partial charge in [0.25, 0.3) is 0 Å². The number of nitrogens with zero attached hydrogens (tertiary/aromatic N) is 5. The second kappa shape index (κ2) is 6.85. The standard InChI is InChI=1S/C15H23N5OS/c1-11(2)6-20-14(16-10-17-20)8-19-4-5-21-13(7-19)15-18-12(3)9-22-15/h9-11,13H,4-8H2,1-3H3/t13-/m0/s1. The molecular weight excluding hydrogens is 298 g/mol. The summed E-state index contributed by atoms with van der Waals surface area (Å²) in [7, 11) is 0. The van der Waals surface area contributed by atoms with Gasteiger partial charge < -0.3 is 4.74 Å². The van der Waals surface area contributed by atoms with Crippen LogP contribution < -0.4 is 0 Å². The van der Waals surface area contributed by atoms with E-state index in [1.165, 1.54) is 0 Å². The van der Waals surface area contributed by atoms with Crippen molar-refractivity contribution < 1.29 is 4.74 Å². The average molecular weight is 321 g/mol. The second-order valence-corrected chi connectivity index (χ2v) is 7.06. The Balaban J connectivity index is 1.64. The summed E-state index contributed by atoms with van der Waals surface area (Å²) in [6.45, 7) is 10.7. The fourth-order valence-corrected chi connectivity index (χ4v) is 3.46. The molecule has 1 fully saturated rings. The molecule has 0 bridgehead atoms. The van der Waals surface area contributed by atoms with E-state index in [0.29, 0.717) is 5.92 Å². The maximum Gasteiger partial charge on any atom is 0.141 e. The number of aromatic nitrogens is 4. The van der Waals surface area contributed by atoms with Gasteiger partial charge in [-0.15, -0.1) is 11.3 Å². The van der Waals surface area contributed by atoms with Crippen LogP contribution >= 0.6 is 11.3 Å². The number of ether oxygens (including phenoxy) is 1. The molecule has 0 aromatic carbocycles. The molecule has 0 aliphatic carbocycles. The first-order valence-corrected chi connectivity index (χ1v) is 8.62. The fourth-order valence-electron chi connectivity index (χ4n) is 2.62. The minimum atomic E-state index is 0.0777. The van der Waals surface area contributed by atoms with Gasteiger partial charge in [-0.2, -0.15) is 5.10 Å². The van der Waals surface area contributed by atoms with E-state index in [4.69, 9.17) is 4.74 Å².